The maximum atomic E-state index is 13.2. The Morgan fingerprint density at radius 2 is 1.94 bits per heavy atom. The smallest absolute Gasteiger partial charge is 0.251 e. The lowest BCUT2D eigenvalue weighted by atomic mass is 10.1. The van der Waals surface area contributed by atoms with Gasteiger partial charge in [0.2, 0.25) is 5.91 Å². The van der Waals surface area contributed by atoms with E-state index in [1.54, 1.807) is 6.92 Å². The molecule has 0 saturated carbocycles. The van der Waals surface area contributed by atoms with Gasteiger partial charge >= 0.3 is 0 Å². The Bertz CT molecular complexity index is 449. The molecule has 1 aromatic carbocycles. The fourth-order valence-corrected chi connectivity index (χ4v) is 1.27. The average Bonchev–Trinajstić information content (AvgIpc) is 2.37. The number of amides is 2. The summed E-state index contributed by atoms with van der Waals surface area (Å²) in [7, 11) is 0. The van der Waals surface area contributed by atoms with Crippen LogP contribution in [0.25, 0.3) is 0 Å². The van der Waals surface area contributed by atoms with Crippen LogP contribution in [0, 0.1) is 12.7 Å². The van der Waals surface area contributed by atoms with Gasteiger partial charge in [0.15, 0.2) is 0 Å². The molecule has 0 saturated heterocycles. The minimum atomic E-state index is -0.586. The maximum Gasteiger partial charge on any atom is 0.251 e. The van der Waals surface area contributed by atoms with Gasteiger partial charge < -0.3 is 15.7 Å². The van der Waals surface area contributed by atoms with Crippen LogP contribution in [0.3, 0.4) is 0 Å². The highest BCUT2D eigenvalue weighted by Crippen LogP contribution is 2.08. The fourth-order valence-electron chi connectivity index (χ4n) is 1.27. The highest BCUT2D eigenvalue weighted by atomic mass is 19.1. The molecule has 0 aliphatic heterocycles. The summed E-state index contributed by atoms with van der Waals surface area (Å²) in [6, 6.07) is 4.22. The second-order valence-corrected chi connectivity index (χ2v) is 3.73. The van der Waals surface area contributed by atoms with E-state index < -0.39 is 24.2 Å². The van der Waals surface area contributed by atoms with Gasteiger partial charge in [-0.25, -0.2) is 4.39 Å². The number of rotatable bonds is 5. The first-order valence-corrected chi connectivity index (χ1v) is 5.46. The lowest BCUT2D eigenvalue weighted by Crippen LogP contribution is -2.35. The van der Waals surface area contributed by atoms with E-state index in [0.717, 1.165) is 6.07 Å². The van der Waals surface area contributed by atoms with Crippen LogP contribution >= 0.6 is 0 Å². The first-order chi connectivity index (χ1) is 8.54. The van der Waals surface area contributed by atoms with Crippen LogP contribution in [0.1, 0.15) is 15.9 Å². The van der Waals surface area contributed by atoms with E-state index in [2.05, 4.69) is 10.6 Å². The Hall–Kier alpha value is -1.95. The first-order valence-electron chi connectivity index (χ1n) is 5.46. The Morgan fingerprint density at radius 1 is 1.28 bits per heavy atom. The number of aryl methyl sites for hydroxylation is 1. The lowest BCUT2D eigenvalue weighted by Gasteiger charge is -2.06. The molecular formula is C12H15FN2O3. The summed E-state index contributed by atoms with van der Waals surface area (Å²) < 4.78 is 13.2. The third-order valence-corrected chi connectivity index (χ3v) is 2.31. The first kappa shape index (κ1) is 14.1. The van der Waals surface area contributed by atoms with Crippen molar-refractivity contribution in [3.05, 3.63) is 35.1 Å². The van der Waals surface area contributed by atoms with Crippen molar-refractivity contribution >= 4 is 11.8 Å². The molecule has 0 atom stereocenters. The van der Waals surface area contributed by atoms with Crippen molar-refractivity contribution in [1.82, 2.24) is 10.6 Å². The van der Waals surface area contributed by atoms with Gasteiger partial charge in [-0.15, -0.1) is 0 Å². The zero-order valence-corrected chi connectivity index (χ0v) is 10.00. The van der Waals surface area contributed by atoms with Gasteiger partial charge in [0, 0.05) is 18.7 Å². The molecule has 98 valence electrons. The minimum absolute atomic E-state index is 0.208. The van der Waals surface area contributed by atoms with E-state index in [1.807, 2.05) is 0 Å². The van der Waals surface area contributed by atoms with E-state index >= 15 is 0 Å². The molecule has 18 heavy (non-hydrogen) atoms. The number of aliphatic hydroxyl groups is 1. The number of nitrogens with one attached hydrogen (secondary N) is 2. The molecule has 3 N–H and O–H groups in total. The molecule has 2 amide bonds. The molecule has 1 rings (SSSR count). The van der Waals surface area contributed by atoms with Gasteiger partial charge in [-0.05, 0) is 24.6 Å². The van der Waals surface area contributed by atoms with Crippen LogP contribution in [-0.2, 0) is 4.79 Å². The third-order valence-electron chi connectivity index (χ3n) is 2.31. The van der Waals surface area contributed by atoms with Crippen molar-refractivity contribution in [2.75, 3.05) is 19.7 Å². The number of hydrogen-bond donors (Lipinski definition) is 3. The van der Waals surface area contributed by atoms with Crippen molar-refractivity contribution in [2.45, 2.75) is 6.92 Å². The molecule has 0 radical (unpaired) electrons. The van der Waals surface area contributed by atoms with Crippen LogP contribution in [0.4, 0.5) is 4.39 Å². The Balaban J connectivity index is 2.41. The molecule has 0 aliphatic carbocycles. The Labute approximate surface area is 104 Å². The summed E-state index contributed by atoms with van der Waals surface area (Å²) in [6.45, 7) is 1.44. The van der Waals surface area contributed by atoms with E-state index in [0.29, 0.717) is 5.56 Å². The van der Waals surface area contributed by atoms with E-state index in [9.17, 15) is 14.0 Å². The largest absolute Gasteiger partial charge is 0.387 e. The Morgan fingerprint density at radius 3 is 2.56 bits per heavy atom. The van der Waals surface area contributed by atoms with E-state index in [1.165, 1.54) is 12.1 Å². The summed E-state index contributed by atoms with van der Waals surface area (Å²) in [5.41, 5.74) is 0.702. The van der Waals surface area contributed by atoms with Crippen LogP contribution in [0.5, 0.6) is 0 Å². The second-order valence-electron chi connectivity index (χ2n) is 3.73. The average molecular weight is 254 g/mol. The van der Waals surface area contributed by atoms with Crippen molar-refractivity contribution in [3.8, 4) is 0 Å². The number of carbonyl (C=O) groups is 2. The van der Waals surface area contributed by atoms with Gasteiger partial charge in [0.25, 0.3) is 5.91 Å². The summed E-state index contributed by atoms with van der Waals surface area (Å²) in [5.74, 6) is -1.35. The molecule has 0 aliphatic rings. The highest BCUT2D eigenvalue weighted by Gasteiger charge is 2.07. The molecule has 6 heteroatoms. The predicted molar refractivity (Wildman–Crippen MR) is 63.6 cm³/mol. The number of hydrogen-bond acceptors (Lipinski definition) is 3. The number of halogens is 1. The normalized spacial score (nSPS) is 9.94. The summed E-state index contributed by atoms with van der Waals surface area (Å²) >= 11 is 0. The van der Waals surface area contributed by atoms with Crippen molar-refractivity contribution in [2.24, 2.45) is 0 Å². The standard InChI is InChI=1S/C12H15FN2O3/c1-8-2-3-9(6-10(8)13)12(18)15-5-4-14-11(17)7-16/h2-3,6,16H,4-5,7H2,1H3,(H,14,17)(H,15,18). The van der Waals surface area contributed by atoms with Crippen molar-refractivity contribution in [1.29, 1.82) is 0 Å². The molecule has 0 fully saturated rings. The van der Waals surface area contributed by atoms with Gasteiger partial charge in [-0.2, -0.15) is 0 Å². The predicted octanol–water partition coefficient (Wildman–Crippen LogP) is -0.0276. The monoisotopic (exact) mass is 254 g/mol. The maximum absolute atomic E-state index is 13.2. The molecule has 1 aromatic rings. The van der Waals surface area contributed by atoms with Crippen molar-refractivity contribution < 1.29 is 19.1 Å². The Kier molecular flexibility index (Phi) is 5.26. The second kappa shape index (κ2) is 6.70. The lowest BCUT2D eigenvalue weighted by molar-refractivity contribution is -0.123. The van der Waals surface area contributed by atoms with Crippen LogP contribution in [0.2, 0.25) is 0 Å². The van der Waals surface area contributed by atoms with Crippen LogP contribution in [0.15, 0.2) is 18.2 Å². The van der Waals surface area contributed by atoms with Gasteiger partial charge in [0.1, 0.15) is 12.4 Å². The summed E-state index contributed by atoms with van der Waals surface area (Å²) in [5, 5.41) is 13.3. The zero-order chi connectivity index (χ0) is 13.5. The third kappa shape index (κ3) is 4.14. The number of benzene rings is 1. The summed E-state index contributed by atoms with van der Waals surface area (Å²) in [6.07, 6.45) is 0. The molecule has 0 spiro atoms. The fraction of sp³-hybridized carbons (Fsp3) is 0.333. The van der Waals surface area contributed by atoms with E-state index in [4.69, 9.17) is 5.11 Å². The quantitative estimate of drug-likeness (QED) is 0.646. The molecule has 0 unspecified atom stereocenters. The van der Waals surface area contributed by atoms with Crippen LogP contribution < -0.4 is 10.6 Å². The SMILES string of the molecule is Cc1ccc(C(=O)NCCNC(=O)CO)cc1F. The summed E-state index contributed by atoms with van der Waals surface area (Å²) in [4.78, 5) is 22.3. The zero-order valence-electron chi connectivity index (χ0n) is 10.00. The van der Waals surface area contributed by atoms with Crippen LogP contribution in [-0.4, -0.2) is 36.6 Å². The highest BCUT2D eigenvalue weighted by molar-refractivity contribution is 5.94. The molecule has 0 bridgehead atoms. The topological polar surface area (TPSA) is 78.4 Å². The number of aliphatic hydroxyl groups excluding tert-OH is 1. The van der Waals surface area contributed by atoms with Gasteiger partial charge in [0.05, 0.1) is 0 Å². The van der Waals surface area contributed by atoms with E-state index in [-0.39, 0.29) is 18.7 Å². The molecule has 0 heterocycles. The van der Waals surface area contributed by atoms with Gasteiger partial charge in [-0.3, -0.25) is 9.59 Å². The number of carbonyl (C=O) groups excluding carboxylic acids is 2. The molecular weight excluding hydrogens is 239 g/mol. The minimum Gasteiger partial charge on any atom is -0.387 e. The van der Waals surface area contributed by atoms with Gasteiger partial charge in [-0.1, -0.05) is 6.07 Å². The van der Waals surface area contributed by atoms with Crippen molar-refractivity contribution in [3.63, 3.8) is 0 Å². The molecule has 0 aromatic heterocycles. The molecule has 5 nitrogen and oxygen atoms in total.